The van der Waals surface area contributed by atoms with Crippen LogP contribution in [0.1, 0.15) is 34.1 Å². The summed E-state index contributed by atoms with van der Waals surface area (Å²) in [5, 5.41) is 6.90. The van der Waals surface area contributed by atoms with E-state index in [1.54, 1.807) is 7.11 Å². The first-order valence-electron chi connectivity index (χ1n) is 5.59. The number of rotatable bonds is 8. The molecule has 0 spiro atoms. The van der Waals surface area contributed by atoms with Gasteiger partial charge in [0.15, 0.2) is 0 Å². The lowest BCUT2D eigenvalue weighted by Gasteiger charge is -2.19. The molecule has 0 bridgehead atoms. The van der Waals surface area contributed by atoms with Crippen LogP contribution in [0.4, 0.5) is 0 Å². The van der Waals surface area contributed by atoms with Gasteiger partial charge in [-0.15, -0.1) is 0 Å². The number of hydrogen-bond donors (Lipinski definition) is 2. The van der Waals surface area contributed by atoms with Gasteiger partial charge in [0.05, 0.1) is 6.10 Å². The summed E-state index contributed by atoms with van der Waals surface area (Å²) in [5.41, 5.74) is 0. The molecule has 0 rings (SSSR count). The zero-order chi connectivity index (χ0) is 11.0. The van der Waals surface area contributed by atoms with Crippen LogP contribution in [-0.2, 0) is 4.74 Å². The molecule has 0 fully saturated rings. The highest BCUT2D eigenvalue weighted by atomic mass is 16.5. The van der Waals surface area contributed by atoms with Crippen LogP contribution in [-0.4, -0.2) is 38.4 Å². The molecule has 0 saturated carbocycles. The Balaban J connectivity index is 3.40. The normalized spacial score (nSPS) is 17.8. The van der Waals surface area contributed by atoms with Crippen molar-refractivity contribution in [1.29, 1.82) is 0 Å². The maximum Gasteiger partial charge on any atom is 0.0667 e. The summed E-state index contributed by atoms with van der Waals surface area (Å²) in [4.78, 5) is 0. The molecule has 0 saturated heterocycles. The second-order valence-electron chi connectivity index (χ2n) is 4.07. The molecule has 2 N–H and O–H groups in total. The monoisotopic (exact) mass is 202 g/mol. The van der Waals surface area contributed by atoms with E-state index in [4.69, 9.17) is 4.74 Å². The van der Waals surface area contributed by atoms with Crippen molar-refractivity contribution in [1.82, 2.24) is 10.6 Å². The molecule has 0 aromatic rings. The molecule has 86 valence electrons. The van der Waals surface area contributed by atoms with E-state index in [1.165, 1.54) is 6.42 Å². The Morgan fingerprint density at radius 1 is 1.00 bits per heavy atom. The predicted molar refractivity (Wildman–Crippen MR) is 61.7 cm³/mol. The molecule has 0 radical (unpaired) electrons. The third-order valence-electron chi connectivity index (χ3n) is 2.54. The van der Waals surface area contributed by atoms with Crippen LogP contribution in [0.3, 0.4) is 0 Å². The van der Waals surface area contributed by atoms with Crippen LogP contribution in [0.15, 0.2) is 0 Å². The maximum atomic E-state index is 5.16. The van der Waals surface area contributed by atoms with Gasteiger partial charge >= 0.3 is 0 Å². The molecule has 3 heteroatoms. The Kier molecular flexibility index (Phi) is 8.14. The summed E-state index contributed by atoms with van der Waals surface area (Å²) in [6, 6.07) is 1.11. The zero-order valence-electron chi connectivity index (χ0n) is 10.3. The topological polar surface area (TPSA) is 33.3 Å². The summed E-state index contributed by atoms with van der Waals surface area (Å²) in [5.74, 6) is 0. The van der Waals surface area contributed by atoms with Crippen LogP contribution in [0, 0.1) is 0 Å². The lowest BCUT2D eigenvalue weighted by Crippen LogP contribution is -2.42. The summed E-state index contributed by atoms with van der Waals surface area (Å²) >= 11 is 0. The van der Waals surface area contributed by atoms with Crippen molar-refractivity contribution in [3.8, 4) is 0 Å². The molecule has 3 atom stereocenters. The van der Waals surface area contributed by atoms with Gasteiger partial charge in [-0.05, 0) is 27.2 Å². The van der Waals surface area contributed by atoms with Gasteiger partial charge in [-0.25, -0.2) is 0 Å². The summed E-state index contributed by atoms with van der Waals surface area (Å²) < 4.78 is 5.16. The molecular formula is C11H26N2O. The van der Waals surface area contributed by atoms with Gasteiger partial charge in [-0.3, -0.25) is 0 Å². The Bertz CT molecular complexity index is 116. The van der Waals surface area contributed by atoms with E-state index in [2.05, 4.69) is 38.3 Å². The van der Waals surface area contributed by atoms with E-state index < -0.39 is 0 Å². The van der Waals surface area contributed by atoms with E-state index in [-0.39, 0.29) is 0 Å². The van der Waals surface area contributed by atoms with Crippen molar-refractivity contribution < 1.29 is 4.74 Å². The number of methoxy groups -OCH3 is 1. The number of hydrogen-bond acceptors (Lipinski definition) is 3. The van der Waals surface area contributed by atoms with E-state index >= 15 is 0 Å². The van der Waals surface area contributed by atoms with Gasteiger partial charge in [-0.2, -0.15) is 0 Å². The van der Waals surface area contributed by atoms with Gasteiger partial charge in [-0.1, -0.05) is 6.92 Å². The Labute approximate surface area is 88.6 Å². The fourth-order valence-electron chi connectivity index (χ4n) is 1.04. The Morgan fingerprint density at radius 3 is 2.07 bits per heavy atom. The van der Waals surface area contributed by atoms with Crippen molar-refractivity contribution in [2.45, 2.75) is 52.3 Å². The van der Waals surface area contributed by atoms with Crippen LogP contribution in [0.2, 0.25) is 0 Å². The lowest BCUT2D eigenvalue weighted by atomic mass is 10.2. The molecule has 0 aromatic heterocycles. The van der Waals surface area contributed by atoms with Crippen LogP contribution in [0.5, 0.6) is 0 Å². The third-order valence-corrected chi connectivity index (χ3v) is 2.54. The highest BCUT2D eigenvalue weighted by Crippen LogP contribution is 1.90. The molecule has 3 unspecified atom stereocenters. The van der Waals surface area contributed by atoms with Crippen molar-refractivity contribution in [3.05, 3.63) is 0 Å². The zero-order valence-corrected chi connectivity index (χ0v) is 10.3. The molecule has 0 aromatic carbocycles. The maximum absolute atomic E-state index is 5.16. The van der Waals surface area contributed by atoms with E-state index in [0.29, 0.717) is 18.2 Å². The van der Waals surface area contributed by atoms with Gasteiger partial charge in [0.1, 0.15) is 0 Å². The minimum absolute atomic E-state index is 0.293. The average molecular weight is 202 g/mol. The molecule has 0 heterocycles. The summed E-state index contributed by atoms with van der Waals surface area (Å²) in [7, 11) is 1.74. The minimum atomic E-state index is 0.293. The number of ether oxygens (including phenoxy) is 1. The van der Waals surface area contributed by atoms with E-state index in [1.807, 2.05) is 0 Å². The quantitative estimate of drug-likeness (QED) is 0.624. The van der Waals surface area contributed by atoms with Crippen molar-refractivity contribution in [2.24, 2.45) is 0 Å². The first-order chi connectivity index (χ1) is 6.60. The lowest BCUT2D eigenvalue weighted by molar-refractivity contribution is 0.114. The molecule has 0 aliphatic rings. The first-order valence-corrected chi connectivity index (χ1v) is 5.59. The molecule has 0 amide bonds. The molecule has 0 aliphatic heterocycles. The number of nitrogens with one attached hydrogen (secondary N) is 2. The van der Waals surface area contributed by atoms with Crippen molar-refractivity contribution in [2.75, 3.05) is 20.2 Å². The van der Waals surface area contributed by atoms with Crippen LogP contribution >= 0.6 is 0 Å². The standard InChI is InChI=1S/C11H26N2O/c1-6-9(2)12-7-10(3)13-8-11(4)14-5/h9-13H,6-8H2,1-5H3. The van der Waals surface area contributed by atoms with Crippen molar-refractivity contribution >= 4 is 0 Å². The molecule has 3 nitrogen and oxygen atoms in total. The van der Waals surface area contributed by atoms with Gasteiger partial charge in [0.2, 0.25) is 0 Å². The smallest absolute Gasteiger partial charge is 0.0667 e. The minimum Gasteiger partial charge on any atom is -0.380 e. The van der Waals surface area contributed by atoms with E-state index in [9.17, 15) is 0 Å². The van der Waals surface area contributed by atoms with Crippen LogP contribution in [0.25, 0.3) is 0 Å². The fraction of sp³-hybridized carbons (Fsp3) is 1.00. The highest BCUT2D eigenvalue weighted by molar-refractivity contribution is 4.68. The fourth-order valence-corrected chi connectivity index (χ4v) is 1.04. The highest BCUT2D eigenvalue weighted by Gasteiger charge is 2.05. The third kappa shape index (κ3) is 7.30. The van der Waals surface area contributed by atoms with E-state index in [0.717, 1.165) is 13.1 Å². The Hall–Kier alpha value is -0.120. The second-order valence-corrected chi connectivity index (χ2v) is 4.07. The summed E-state index contributed by atoms with van der Waals surface area (Å²) in [6.45, 7) is 10.6. The van der Waals surface area contributed by atoms with Gasteiger partial charge in [0.25, 0.3) is 0 Å². The molecule has 14 heavy (non-hydrogen) atoms. The van der Waals surface area contributed by atoms with Crippen molar-refractivity contribution in [3.63, 3.8) is 0 Å². The summed E-state index contributed by atoms with van der Waals surface area (Å²) in [6.07, 6.45) is 1.47. The first kappa shape index (κ1) is 13.9. The molecule has 0 aliphatic carbocycles. The van der Waals surface area contributed by atoms with Gasteiger partial charge in [0, 0.05) is 32.3 Å². The average Bonchev–Trinajstić information content (AvgIpc) is 2.22. The van der Waals surface area contributed by atoms with Gasteiger partial charge < -0.3 is 15.4 Å². The molecular weight excluding hydrogens is 176 g/mol. The predicted octanol–water partition coefficient (Wildman–Crippen LogP) is 1.39. The largest absolute Gasteiger partial charge is 0.380 e. The Morgan fingerprint density at radius 2 is 1.57 bits per heavy atom. The van der Waals surface area contributed by atoms with Crippen LogP contribution < -0.4 is 10.6 Å². The SMILES string of the molecule is CCC(C)NCC(C)NCC(C)OC. The second kappa shape index (κ2) is 8.21.